The fourth-order valence-corrected chi connectivity index (χ4v) is 3.51. The summed E-state index contributed by atoms with van der Waals surface area (Å²) in [6.07, 6.45) is -0.548. The molecule has 3 unspecified atom stereocenters. The van der Waals surface area contributed by atoms with Crippen LogP contribution in [0.4, 0.5) is 0 Å². The summed E-state index contributed by atoms with van der Waals surface area (Å²) in [4.78, 5) is 24.8. The van der Waals surface area contributed by atoms with E-state index in [9.17, 15) is 24.9 Å². The monoisotopic (exact) mass is 350 g/mol. The topological polar surface area (TPSA) is 113 Å². The first-order valence-electron chi connectivity index (χ1n) is 8.44. The first-order chi connectivity index (χ1) is 11.8. The Balaban J connectivity index is 1.96. The minimum atomic E-state index is -0.768. The van der Waals surface area contributed by atoms with Gasteiger partial charge in [-0.2, -0.15) is 0 Å². The van der Waals surface area contributed by atoms with Crippen LogP contribution in [0.15, 0.2) is 12.1 Å². The van der Waals surface area contributed by atoms with E-state index in [0.717, 1.165) is 6.07 Å². The number of ketones is 1. The van der Waals surface area contributed by atoms with Crippen LogP contribution in [0.25, 0.3) is 0 Å². The van der Waals surface area contributed by atoms with Crippen LogP contribution in [-0.4, -0.2) is 51.5 Å². The minimum Gasteiger partial charge on any atom is -0.508 e. The number of ether oxygens (including phenoxy) is 2. The normalized spacial score (nSPS) is 30.6. The molecule has 7 heteroatoms. The molecule has 0 spiro atoms. The second kappa shape index (κ2) is 7.01. The second-order valence-electron chi connectivity index (χ2n) is 6.81. The zero-order chi connectivity index (χ0) is 18.1. The summed E-state index contributed by atoms with van der Waals surface area (Å²) in [6, 6.07) is 2.33. The van der Waals surface area contributed by atoms with Crippen LogP contribution < -0.4 is 0 Å². The van der Waals surface area contributed by atoms with E-state index in [1.165, 1.54) is 6.07 Å². The highest BCUT2D eigenvalue weighted by Crippen LogP contribution is 2.31. The Bertz CT molecular complexity index is 684. The third kappa shape index (κ3) is 3.93. The van der Waals surface area contributed by atoms with Crippen molar-refractivity contribution >= 4 is 11.8 Å². The van der Waals surface area contributed by atoms with E-state index in [0.29, 0.717) is 19.3 Å². The zero-order valence-electron chi connectivity index (χ0n) is 14.0. The van der Waals surface area contributed by atoms with Crippen molar-refractivity contribution in [2.45, 2.75) is 63.4 Å². The molecule has 2 heterocycles. The average molecular weight is 350 g/mol. The largest absolute Gasteiger partial charge is 0.508 e. The summed E-state index contributed by atoms with van der Waals surface area (Å²) in [5, 5.41) is 29.8. The molecular weight excluding hydrogens is 328 g/mol. The maximum Gasteiger partial charge on any atom is 0.342 e. The molecule has 1 saturated heterocycles. The molecule has 0 radical (unpaired) electrons. The van der Waals surface area contributed by atoms with E-state index in [1.54, 1.807) is 6.92 Å². The third-order valence-corrected chi connectivity index (χ3v) is 4.68. The summed E-state index contributed by atoms with van der Waals surface area (Å²) in [5.41, 5.74) is 0.123. The number of carbonyl (C=O) groups excluding carboxylic acids is 2. The SMILES string of the molecule is C[C@@H]1CC2OC(CCC2O)CC(=O)Cc2cc(O)cc(O)c2C(=O)O1. The number of aliphatic hydroxyl groups excluding tert-OH is 1. The molecule has 0 aliphatic carbocycles. The first-order valence-corrected chi connectivity index (χ1v) is 8.44. The van der Waals surface area contributed by atoms with Crippen LogP contribution in [-0.2, 0) is 20.7 Å². The maximum atomic E-state index is 12.4. The number of esters is 1. The number of Topliss-reactive ketones (excluding diaryl/α,β-unsaturated/α-hetero) is 1. The van der Waals surface area contributed by atoms with Crippen molar-refractivity contribution in [3.63, 3.8) is 0 Å². The van der Waals surface area contributed by atoms with Gasteiger partial charge in [0, 0.05) is 25.3 Å². The van der Waals surface area contributed by atoms with Crippen molar-refractivity contribution in [2.24, 2.45) is 0 Å². The van der Waals surface area contributed by atoms with Crippen molar-refractivity contribution in [1.29, 1.82) is 0 Å². The number of aliphatic hydroxyl groups is 1. The molecule has 7 nitrogen and oxygen atoms in total. The molecule has 1 fully saturated rings. The van der Waals surface area contributed by atoms with Gasteiger partial charge in [0.2, 0.25) is 0 Å². The molecule has 0 aromatic heterocycles. The number of aromatic hydroxyl groups is 2. The van der Waals surface area contributed by atoms with Crippen LogP contribution >= 0.6 is 0 Å². The van der Waals surface area contributed by atoms with Gasteiger partial charge in [0.25, 0.3) is 0 Å². The van der Waals surface area contributed by atoms with Gasteiger partial charge in [-0.3, -0.25) is 4.79 Å². The molecule has 1 aromatic rings. The Morgan fingerprint density at radius 2 is 1.92 bits per heavy atom. The number of fused-ring (bicyclic) bond motifs is 3. The summed E-state index contributed by atoms with van der Waals surface area (Å²) in [7, 11) is 0. The third-order valence-electron chi connectivity index (χ3n) is 4.68. The van der Waals surface area contributed by atoms with Gasteiger partial charge in [-0.05, 0) is 31.4 Å². The molecule has 3 rings (SSSR count). The number of hydrogen-bond acceptors (Lipinski definition) is 7. The van der Waals surface area contributed by atoms with E-state index in [4.69, 9.17) is 9.47 Å². The standard InChI is InChI=1S/C18H22O7/c1-9-4-16-14(21)3-2-13(25-16)7-11(19)5-10-6-12(20)8-15(22)17(10)18(23)24-9/h6,8-9,13-14,16,20-22H,2-5,7H2,1H3/t9-,13?,14?,16?/m1/s1. The Hall–Kier alpha value is -2.12. The van der Waals surface area contributed by atoms with Crippen molar-refractivity contribution in [1.82, 2.24) is 0 Å². The maximum absolute atomic E-state index is 12.4. The van der Waals surface area contributed by atoms with Crippen molar-refractivity contribution < 1.29 is 34.4 Å². The molecular formula is C18H22O7. The van der Waals surface area contributed by atoms with Crippen LogP contribution in [0, 0.1) is 0 Å². The van der Waals surface area contributed by atoms with Crippen molar-refractivity contribution in [2.75, 3.05) is 0 Å². The quantitative estimate of drug-likeness (QED) is 0.607. The van der Waals surface area contributed by atoms with E-state index in [-0.39, 0.29) is 41.6 Å². The molecule has 1 aromatic carbocycles. The molecule has 4 atom stereocenters. The Morgan fingerprint density at radius 1 is 1.16 bits per heavy atom. The van der Waals surface area contributed by atoms with Gasteiger partial charge in [0.15, 0.2) is 0 Å². The Kier molecular flexibility index (Phi) is 4.96. The lowest BCUT2D eigenvalue weighted by atomic mass is 9.92. The van der Waals surface area contributed by atoms with E-state index < -0.39 is 30.0 Å². The number of phenols is 2. The highest BCUT2D eigenvalue weighted by molar-refractivity contribution is 5.96. The van der Waals surface area contributed by atoms with Gasteiger partial charge in [0.1, 0.15) is 28.9 Å². The highest BCUT2D eigenvalue weighted by Gasteiger charge is 2.34. The predicted molar refractivity (Wildman–Crippen MR) is 86.5 cm³/mol. The average Bonchev–Trinajstić information content (AvgIpc) is 2.48. The lowest BCUT2D eigenvalue weighted by molar-refractivity contribution is -0.142. The van der Waals surface area contributed by atoms with Gasteiger partial charge < -0.3 is 24.8 Å². The number of cyclic esters (lactones) is 1. The predicted octanol–water partition coefficient (Wildman–Crippen LogP) is 1.46. The number of carbonyl (C=O) groups is 2. The van der Waals surface area contributed by atoms with Crippen LogP contribution in [0.1, 0.15) is 48.5 Å². The lowest BCUT2D eigenvalue weighted by Crippen LogP contribution is -2.42. The molecule has 2 aliphatic rings. The summed E-state index contributed by atoms with van der Waals surface area (Å²) >= 11 is 0. The minimum absolute atomic E-state index is 0.106. The van der Waals surface area contributed by atoms with E-state index >= 15 is 0 Å². The number of benzene rings is 1. The van der Waals surface area contributed by atoms with Crippen molar-refractivity contribution in [3.8, 4) is 11.5 Å². The highest BCUT2D eigenvalue weighted by atomic mass is 16.5. The van der Waals surface area contributed by atoms with Gasteiger partial charge in [0.05, 0.1) is 18.3 Å². The summed E-state index contributed by atoms with van der Waals surface area (Å²) < 4.78 is 11.2. The molecule has 136 valence electrons. The fraction of sp³-hybridized carbons (Fsp3) is 0.556. The fourth-order valence-electron chi connectivity index (χ4n) is 3.51. The molecule has 25 heavy (non-hydrogen) atoms. The van der Waals surface area contributed by atoms with Gasteiger partial charge in [-0.1, -0.05) is 0 Å². The molecule has 0 amide bonds. The Labute approximate surface area is 145 Å². The van der Waals surface area contributed by atoms with Gasteiger partial charge in [-0.25, -0.2) is 4.79 Å². The lowest BCUT2D eigenvalue weighted by Gasteiger charge is -2.35. The summed E-state index contributed by atoms with van der Waals surface area (Å²) in [6.45, 7) is 1.69. The first kappa shape index (κ1) is 17.7. The molecule has 3 N–H and O–H groups in total. The number of hydrogen-bond donors (Lipinski definition) is 3. The van der Waals surface area contributed by atoms with E-state index in [2.05, 4.69) is 0 Å². The van der Waals surface area contributed by atoms with Crippen LogP contribution in [0.3, 0.4) is 0 Å². The van der Waals surface area contributed by atoms with Crippen LogP contribution in [0.5, 0.6) is 11.5 Å². The summed E-state index contributed by atoms with van der Waals surface area (Å²) in [5.74, 6) is -1.59. The van der Waals surface area contributed by atoms with Gasteiger partial charge in [-0.15, -0.1) is 0 Å². The number of phenolic OH excluding ortho intramolecular Hbond substituents is 2. The molecule has 2 aliphatic heterocycles. The van der Waals surface area contributed by atoms with E-state index in [1.807, 2.05) is 0 Å². The molecule has 2 bridgehead atoms. The molecule has 0 saturated carbocycles. The number of rotatable bonds is 0. The van der Waals surface area contributed by atoms with Gasteiger partial charge >= 0.3 is 5.97 Å². The Morgan fingerprint density at radius 3 is 2.68 bits per heavy atom. The zero-order valence-corrected chi connectivity index (χ0v) is 14.0. The second-order valence-corrected chi connectivity index (χ2v) is 6.81. The van der Waals surface area contributed by atoms with Crippen molar-refractivity contribution in [3.05, 3.63) is 23.3 Å². The smallest absolute Gasteiger partial charge is 0.342 e. The van der Waals surface area contributed by atoms with Crippen LogP contribution in [0.2, 0.25) is 0 Å².